The van der Waals surface area contributed by atoms with E-state index in [9.17, 15) is 0 Å². The van der Waals surface area contributed by atoms with Crippen molar-refractivity contribution in [2.45, 2.75) is 13.3 Å². The summed E-state index contributed by atoms with van der Waals surface area (Å²) in [6.45, 7) is 3.09. The number of pyridine rings is 1. The molecule has 0 aliphatic carbocycles. The number of rotatable bonds is 5. The molecule has 0 saturated heterocycles. The Labute approximate surface area is 130 Å². The van der Waals surface area contributed by atoms with Crippen molar-refractivity contribution in [2.75, 3.05) is 17.2 Å². The van der Waals surface area contributed by atoms with Crippen LogP contribution in [-0.4, -0.2) is 11.5 Å². The maximum atomic E-state index is 4.24. The average molecular weight is 385 g/mol. The Bertz CT molecular complexity index is 538. The molecule has 0 spiro atoms. The molecule has 5 heteroatoms. The molecule has 1 aromatic heterocycles. The smallest absolute Gasteiger partial charge is 0.0673 e. The summed E-state index contributed by atoms with van der Waals surface area (Å²) < 4.78 is 2.02. The van der Waals surface area contributed by atoms with Crippen LogP contribution in [-0.2, 0) is 0 Å². The molecule has 1 aromatic carbocycles. The molecule has 0 saturated carbocycles. The molecule has 0 aliphatic heterocycles. The van der Waals surface area contributed by atoms with E-state index < -0.39 is 0 Å². The molecule has 0 amide bonds. The number of aromatic nitrogens is 1. The molecule has 100 valence electrons. The van der Waals surface area contributed by atoms with Gasteiger partial charge < -0.3 is 10.6 Å². The number of halogens is 2. The van der Waals surface area contributed by atoms with Gasteiger partial charge >= 0.3 is 0 Å². The van der Waals surface area contributed by atoms with E-state index in [1.54, 1.807) is 0 Å². The third-order valence-electron chi connectivity index (χ3n) is 2.55. The van der Waals surface area contributed by atoms with E-state index in [-0.39, 0.29) is 0 Å². The number of benzene rings is 1. The largest absolute Gasteiger partial charge is 0.384 e. The zero-order chi connectivity index (χ0) is 13.7. The molecule has 2 aromatic rings. The van der Waals surface area contributed by atoms with Gasteiger partial charge in [-0.1, -0.05) is 13.0 Å². The van der Waals surface area contributed by atoms with Crippen molar-refractivity contribution in [1.82, 2.24) is 4.98 Å². The van der Waals surface area contributed by atoms with Crippen LogP contribution in [0.4, 0.5) is 17.1 Å². The summed E-state index contributed by atoms with van der Waals surface area (Å²) in [7, 11) is 0. The molecule has 1 heterocycles. The van der Waals surface area contributed by atoms with Gasteiger partial charge in [0.05, 0.1) is 29.5 Å². The van der Waals surface area contributed by atoms with E-state index in [1.807, 2.05) is 30.6 Å². The van der Waals surface area contributed by atoms with Crippen molar-refractivity contribution in [3.05, 3.63) is 45.6 Å². The summed E-state index contributed by atoms with van der Waals surface area (Å²) >= 11 is 7.07. The summed E-state index contributed by atoms with van der Waals surface area (Å²) in [5.74, 6) is 0. The van der Waals surface area contributed by atoms with Gasteiger partial charge in [-0.2, -0.15) is 0 Å². The molecule has 0 aliphatic rings. The van der Waals surface area contributed by atoms with Crippen molar-refractivity contribution in [2.24, 2.45) is 0 Å². The fourth-order valence-electron chi connectivity index (χ4n) is 1.64. The van der Waals surface area contributed by atoms with Crippen LogP contribution >= 0.6 is 31.9 Å². The first-order valence-electron chi connectivity index (χ1n) is 6.10. The van der Waals surface area contributed by atoms with Gasteiger partial charge in [-0.3, -0.25) is 4.98 Å². The van der Waals surface area contributed by atoms with E-state index in [0.717, 1.165) is 39.0 Å². The summed E-state index contributed by atoms with van der Waals surface area (Å²) in [4.78, 5) is 4.24. The van der Waals surface area contributed by atoms with E-state index in [0.29, 0.717) is 0 Å². The lowest BCUT2D eigenvalue weighted by atomic mass is 10.3. The first-order chi connectivity index (χ1) is 9.20. The summed E-state index contributed by atoms with van der Waals surface area (Å²) in [6, 6.07) is 8.03. The van der Waals surface area contributed by atoms with Gasteiger partial charge in [-0.15, -0.1) is 0 Å². The van der Waals surface area contributed by atoms with Gasteiger partial charge in [0, 0.05) is 15.5 Å². The second kappa shape index (κ2) is 6.91. The van der Waals surface area contributed by atoms with E-state index in [2.05, 4.69) is 60.5 Å². The Morgan fingerprint density at radius 3 is 2.47 bits per heavy atom. The standard InChI is InChI=1S/C14H15Br2N3/c1-2-6-18-10-7-11(9-17-8-10)19-14-12(15)4-3-5-13(14)16/h3-5,7-9,18-19H,2,6H2,1H3. The highest BCUT2D eigenvalue weighted by atomic mass is 79.9. The Balaban J connectivity index is 2.19. The average Bonchev–Trinajstić information content (AvgIpc) is 2.41. The summed E-state index contributed by atoms with van der Waals surface area (Å²) in [5.41, 5.74) is 2.97. The van der Waals surface area contributed by atoms with Gasteiger partial charge in [-0.05, 0) is 56.5 Å². The minimum atomic E-state index is 0.948. The molecule has 0 radical (unpaired) electrons. The Hall–Kier alpha value is -1.07. The fraction of sp³-hybridized carbons (Fsp3) is 0.214. The van der Waals surface area contributed by atoms with Crippen LogP contribution in [0, 0.1) is 0 Å². The first-order valence-corrected chi connectivity index (χ1v) is 7.69. The molecule has 0 atom stereocenters. The Morgan fingerprint density at radius 1 is 1.11 bits per heavy atom. The van der Waals surface area contributed by atoms with Crippen LogP contribution in [0.1, 0.15) is 13.3 Å². The maximum absolute atomic E-state index is 4.24. The highest BCUT2D eigenvalue weighted by molar-refractivity contribution is 9.11. The lowest BCUT2D eigenvalue weighted by Crippen LogP contribution is -2.01. The summed E-state index contributed by atoms with van der Waals surface area (Å²) in [6.07, 6.45) is 4.73. The van der Waals surface area contributed by atoms with Crippen molar-refractivity contribution in [1.29, 1.82) is 0 Å². The van der Waals surface area contributed by atoms with Crippen molar-refractivity contribution >= 4 is 48.9 Å². The fourth-order valence-corrected chi connectivity index (χ4v) is 2.83. The minimum Gasteiger partial charge on any atom is -0.384 e. The number of nitrogens with one attached hydrogen (secondary N) is 2. The van der Waals surface area contributed by atoms with Crippen LogP contribution < -0.4 is 10.6 Å². The van der Waals surface area contributed by atoms with Crippen LogP contribution in [0.3, 0.4) is 0 Å². The highest BCUT2D eigenvalue weighted by Crippen LogP contribution is 2.33. The molecule has 2 rings (SSSR count). The Kier molecular flexibility index (Phi) is 5.22. The predicted octanol–water partition coefficient (Wildman–Crippen LogP) is 5.17. The maximum Gasteiger partial charge on any atom is 0.0673 e. The molecule has 2 N–H and O–H groups in total. The Morgan fingerprint density at radius 2 is 1.79 bits per heavy atom. The highest BCUT2D eigenvalue weighted by Gasteiger charge is 2.05. The van der Waals surface area contributed by atoms with E-state index >= 15 is 0 Å². The van der Waals surface area contributed by atoms with E-state index in [4.69, 9.17) is 0 Å². The second-order valence-corrected chi connectivity index (χ2v) is 5.82. The minimum absolute atomic E-state index is 0.948. The van der Waals surface area contributed by atoms with Crippen molar-refractivity contribution in [3.63, 3.8) is 0 Å². The first kappa shape index (κ1) is 14.3. The van der Waals surface area contributed by atoms with Crippen LogP contribution in [0.15, 0.2) is 45.6 Å². The lowest BCUT2D eigenvalue weighted by Gasteiger charge is -2.12. The van der Waals surface area contributed by atoms with Crippen molar-refractivity contribution in [3.8, 4) is 0 Å². The number of hydrogen-bond donors (Lipinski definition) is 2. The van der Waals surface area contributed by atoms with Gasteiger partial charge in [0.1, 0.15) is 0 Å². The normalized spacial score (nSPS) is 10.3. The van der Waals surface area contributed by atoms with E-state index in [1.165, 1.54) is 0 Å². The van der Waals surface area contributed by atoms with Gasteiger partial charge in [0.2, 0.25) is 0 Å². The molecular formula is C14H15Br2N3. The van der Waals surface area contributed by atoms with Crippen LogP contribution in [0.2, 0.25) is 0 Å². The van der Waals surface area contributed by atoms with Gasteiger partial charge in [-0.25, -0.2) is 0 Å². The molecule has 0 fully saturated rings. The van der Waals surface area contributed by atoms with Crippen LogP contribution in [0.25, 0.3) is 0 Å². The summed E-state index contributed by atoms with van der Waals surface area (Å²) in [5, 5.41) is 6.68. The monoisotopic (exact) mass is 383 g/mol. The molecule has 3 nitrogen and oxygen atoms in total. The van der Waals surface area contributed by atoms with Gasteiger partial charge in [0.15, 0.2) is 0 Å². The quantitative estimate of drug-likeness (QED) is 0.746. The zero-order valence-corrected chi connectivity index (χ0v) is 13.8. The topological polar surface area (TPSA) is 37.0 Å². The van der Waals surface area contributed by atoms with Crippen molar-refractivity contribution < 1.29 is 0 Å². The zero-order valence-electron chi connectivity index (χ0n) is 10.6. The molecule has 0 unspecified atom stereocenters. The third-order valence-corrected chi connectivity index (χ3v) is 3.87. The second-order valence-electron chi connectivity index (χ2n) is 4.11. The lowest BCUT2D eigenvalue weighted by molar-refractivity contribution is 0.978. The molecular weight excluding hydrogens is 370 g/mol. The predicted molar refractivity (Wildman–Crippen MR) is 88.1 cm³/mol. The number of hydrogen-bond acceptors (Lipinski definition) is 3. The van der Waals surface area contributed by atoms with Gasteiger partial charge in [0.25, 0.3) is 0 Å². The molecule has 0 bridgehead atoms. The number of para-hydroxylation sites is 1. The number of anilines is 3. The molecule has 19 heavy (non-hydrogen) atoms. The number of nitrogens with zero attached hydrogens (tertiary/aromatic N) is 1. The van der Waals surface area contributed by atoms with Crippen LogP contribution in [0.5, 0.6) is 0 Å². The SMILES string of the molecule is CCCNc1cncc(Nc2c(Br)cccc2Br)c1. The third kappa shape index (κ3) is 3.94.